The minimum Gasteiger partial charge on any atom is -0.497 e. The topological polar surface area (TPSA) is 75.2 Å². The number of carbonyl (C=O) groups is 1. The standard InChI is InChI=1S/C23H32N4O3.HI/c1-5-24-23(26-16-22(28)25-14-13-18-9-7-6-8-10-18)27(2)17-19-11-12-20(29-3)15-21(19)30-4;/h6-12,15H,5,13-14,16-17H2,1-4H3,(H,24,26)(H,25,28);1H. The van der Waals surface area contributed by atoms with Crippen LogP contribution in [-0.4, -0.2) is 57.7 Å². The third kappa shape index (κ3) is 9.04. The van der Waals surface area contributed by atoms with Gasteiger partial charge in [-0.1, -0.05) is 30.3 Å². The molecular formula is C23H33IN4O3. The number of guanidine groups is 1. The van der Waals surface area contributed by atoms with E-state index in [1.54, 1.807) is 14.2 Å². The maximum Gasteiger partial charge on any atom is 0.241 e. The molecule has 2 aromatic carbocycles. The maximum absolute atomic E-state index is 12.2. The van der Waals surface area contributed by atoms with E-state index in [9.17, 15) is 4.79 Å². The molecule has 0 aliphatic heterocycles. The molecule has 0 aliphatic carbocycles. The Morgan fingerprint density at radius 1 is 1.06 bits per heavy atom. The number of aliphatic imine (C=N–C) groups is 1. The summed E-state index contributed by atoms with van der Waals surface area (Å²) in [6.07, 6.45) is 0.799. The number of amides is 1. The zero-order valence-corrected chi connectivity index (χ0v) is 21.0. The van der Waals surface area contributed by atoms with E-state index in [1.807, 2.05) is 55.3 Å². The summed E-state index contributed by atoms with van der Waals surface area (Å²) in [5.41, 5.74) is 2.20. The Bertz CT molecular complexity index is 831. The van der Waals surface area contributed by atoms with E-state index in [-0.39, 0.29) is 36.4 Å². The lowest BCUT2D eigenvalue weighted by atomic mass is 10.1. The molecule has 2 aromatic rings. The summed E-state index contributed by atoms with van der Waals surface area (Å²) < 4.78 is 10.7. The van der Waals surface area contributed by atoms with E-state index in [0.717, 1.165) is 23.5 Å². The first kappa shape index (κ1) is 26.5. The van der Waals surface area contributed by atoms with Gasteiger partial charge in [0.1, 0.15) is 18.0 Å². The lowest BCUT2D eigenvalue weighted by Crippen LogP contribution is -2.39. The molecule has 0 aromatic heterocycles. The number of hydrogen-bond donors (Lipinski definition) is 2. The number of benzene rings is 2. The average molecular weight is 540 g/mol. The fourth-order valence-electron chi connectivity index (χ4n) is 2.98. The summed E-state index contributed by atoms with van der Waals surface area (Å²) in [5.74, 6) is 2.05. The highest BCUT2D eigenvalue weighted by Gasteiger charge is 2.12. The number of halogens is 1. The molecule has 0 saturated carbocycles. The van der Waals surface area contributed by atoms with Crippen molar-refractivity contribution in [2.45, 2.75) is 19.9 Å². The highest BCUT2D eigenvalue weighted by molar-refractivity contribution is 14.0. The summed E-state index contributed by atoms with van der Waals surface area (Å²) >= 11 is 0. The second kappa shape index (κ2) is 14.5. The second-order valence-corrected chi connectivity index (χ2v) is 6.79. The summed E-state index contributed by atoms with van der Waals surface area (Å²) in [6, 6.07) is 15.8. The third-order valence-electron chi connectivity index (χ3n) is 4.55. The smallest absolute Gasteiger partial charge is 0.241 e. The number of carbonyl (C=O) groups excluding carboxylic acids is 1. The Balaban J connectivity index is 0.00000480. The van der Waals surface area contributed by atoms with Crippen molar-refractivity contribution in [2.24, 2.45) is 4.99 Å². The van der Waals surface area contributed by atoms with Crippen molar-refractivity contribution < 1.29 is 14.3 Å². The first-order valence-electron chi connectivity index (χ1n) is 10.1. The van der Waals surface area contributed by atoms with Gasteiger partial charge < -0.3 is 25.0 Å². The van der Waals surface area contributed by atoms with E-state index in [4.69, 9.17) is 9.47 Å². The van der Waals surface area contributed by atoms with Crippen molar-refractivity contribution in [3.8, 4) is 11.5 Å². The molecule has 0 unspecified atom stereocenters. The van der Waals surface area contributed by atoms with Gasteiger partial charge in [0.25, 0.3) is 0 Å². The van der Waals surface area contributed by atoms with Crippen LogP contribution in [0.2, 0.25) is 0 Å². The molecule has 2 N–H and O–H groups in total. The fourth-order valence-corrected chi connectivity index (χ4v) is 2.98. The lowest BCUT2D eigenvalue weighted by Gasteiger charge is -2.23. The molecule has 170 valence electrons. The van der Waals surface area contributed by atoms with Crippen molar-refractivity contribution in [1.29, 1.82) is 0 Å². The molecule has 2 rings (SSSR count). The van der Waals surface area contributed by atoms with Crippen molar-refractivity contribution in [2.75, 3.05) is 40.9 Å². The molecule has 0 bridgehead atoms. The van der Waals surface area contributed by atoms with E-state index in [0.29, 0.717) is 25.6 Å². The monoisotopic (exact) mass is 540 g/mol. The molecule has 31 heavy (non-hydrogen) atoms. The molecule has 7 nitrogen and oxygen atoms in total. The van der Waals surface area contributed by atoms with Crippen LogP contribution in [0.4, 0.5) is 0 Å². The Morgan fingerprint density at radius 2 is 1.81 bits per heavy atom. The Labute approximate surface area is 202 Å². The highest BCUT2D eigenvalue weighted by Crippen LogP contribution is 2.25. The van der Waals surface area contributed by atoms with Gasteiger partial charge in [-0.25, -0.2) is 4.99 Å². The molecule has 0 radical (unpaired) electrons. The molecule has 1 amide bonds. The summed E-state index contributed by atoms with van der Waals surface area (Å²) in [7, 11) is 5.19. The number of rotatable bonds is 10. The van der Waals surface area contributed by atoms with Crippen LogP contribution in [0.1, 0.15) is 18.1 Å². The number of methoxy groups -OCH3 is 2. The SMILES string of the molecule is CCNC(=NCC(=O)NCCc1ccccc1)N(C)Cc1ccc(OC)cc1OC.I. The minimum atomic E-state index is -0.100. The van der Waals surface area contributed by atoms with Crippen LogP contribution < -0.4 is 20.1 Å². The average Bonchev–Trinajstić information content (AvgIpc) is 2.77. The number of nitrogens with zero attached hydrogens (tertiary/aromatic N) is 2. The third-order valence-corrected chi connectivity index (χ3v) is 4.55. The van der Waals surface area contributed by atoms with Crippen LogP contribution in [0, 0.1) is 0 Å². The van der Waals surface area contributed by atoms with Crippen LogP contribution in [0.3, 0.4) is 0 Å². The Hall–Kier alpha value is -2.49. The van der Waals surface area contributed by atoms with Gasteiger partial charge in [0, 0.05) is 38.3 Å². The van der Waals surface area contributed by atoms with Crippen LogP contribution in [-0.2, 0) is 17.8 Å². The van der Waals surface area contributed by atoms with Crippen molar-refractivity contribution in [1.82, 2.24) is 15.5 Å². The van der Waals surface area contributed by atoms with Crippen LogP contribution in [0.5, 0.6) is 11.5 Å². The normalized spacial score (nSPS) is 10.6. The number of nitrogens with one attached hydrogen (secondary N) is 2. The van der Waals surface area contributed by atoms with E-state index < -0.39 is 0 Å². The van der Waals surface area contributed by atoms with Crippen molar-refractivity contribution in [3.63, 3.8) is 0 Å². The Morgan fingerprint density at radius 3 is 2.45 bits per heavy atom. The van der Waals surface area contributed by atoms with Crippen LogP contribution in [0.15, 0.2) is 53.5 Å². The summed E-state index contributed by atoms with van der Waals surface area (Å²) in [6.45, 7) is 3.94. The van der Waals surface area contributed by atoms with Crippen LogP contribution >= 0.6 is 24.0 Å². The van der Waals surface area contributed by atoms with Gasteiger partial charge in [-0.3, -0.25) is 4.79 Å². The fraction of sp³-hybridized carbons (Fsp3) is 0.391. The largest absolute Gasteiger partial charge is 0.497 e. The molecule has 0 atom stereocenters. The van der Waals surface area contributed by atoms with Gasteiger partial charge in [-0.15, -0.1) is 24.0 Å². The molecule has 0 heterocycles. The van der Waals surface area contributed by atoms with Crippen LogP contribution in [0.25, 0.3) is 0 Å². The van der Waals surface area contributed by atoms with E-state index in [2.05, 4.69) is 27.8 Å². The van der Waals surface area contributed by atoms with Gasteiger partial charge in [0.2, 0.25) is 5.91 Å². The van der Waals surface area contributed by atoms with Crippen molar-refractivity contribution >= 4 is 35.8 Å². The minimum absolute atomic E-state index is 0. The van der Waals surface area contributed by atoms with Crippen molar-refractivity contribution in [3.05, 3.63) is 59.7 Å². The molecule has 8 heteroatoms. The quantitative estimate of drug-likeness (QED) is 0.275. The first-order chi connectivity index (χ1) is 14.6. The summed E-state index contributed by atoms with van der Waals surface area (Å²) in [5, 5.41) is 6.15. The number of hydrogen-bond acceptors (Lipinski definition) is 4. The molecule has 0 aliphatic rings. The van der Waals surface area contributed by atoms with E-state index in [1.165, 1.54) is 5.56 Å². The lowest BCUT2D eigenvalue weighted by molar-refractivity contribution is -0.119. The predicted molar refractivity (Wildman–Crippen MR) is 136 cm³/mol. The predicted octanol–water partition coefficient (Wildman–Crippen LogP) is 3.08. The molecular weight excluding hydrogens is 507 g/mol. The maximum atomic E-state index is 12.2. The first-order valence-corrected chi connectivity index (χ1v) is 10.1. The highest BCUT2D eigenvalue weighted by atomic mass is 127. The number of ether oxygens (including phenoxy) is 2. The van der Waals surface area contributed by atoms with Gasteiger partial charge >= 0.3 is 0 Å². The van der Waals surface area contributed by atoms with E-state index >= 15 is 0 Å². The molecule has 0 saturated heterocycles. The zero-order valence-electron chi connectivity index (χ0n) is 18.7. The van der Waals surface area contributed by atoms with Gasteiger partial charge in [0.05, 0.1) is 14.2 Å². The summed E-state index contributed by atoms with van der Waals surface area (Å²) in [4.78, 5) is 18.6. The Kier molecular flexibility index (Phi) is 12.4. The molecule has 0 spiro atoms. The zero-order chi connectivity index (χ0) is 21.8. The van der Waals surface area contributed by atoms with Gasteiger partial charge in [-0.2, -0.15) is 0 Å². The molecule has 0 fully saturated rings. The van der Waals surface area contributed by atoms with Gasteiger partial charge in [-0.05, 0) is 31.0 Å². The second-order valence-electron chi connectivity index (χ2n) is 6.79. The van der Waals surface area contributed by atoms with Gasteiger partial charge in [0.15, 0.2) is 5.96 Å².